The fourth-order valence-electron chi connectivity index (χ4n) is 0.748. The molecular weight excluding hydrogens is 213 g/mol. The van der Waals surface area contributed by atoms with Crippen molar-refractivity contribution in [3.8, 4) is 5.88 Å². The van der Waals surface area contributed by atoms with Crippen molar-refractivity contribution in [3.63, 3.8) is 0 Å². The smallest absolute Gasteiger partial charge is 0.218 e. The summed E-state index contributed by atoms with van der Waals surface area (Å²) in [4.78, 5) is 3.86. The minimum Gasteiger partial charge on any atom is -0.481 e. The molecule has 0 atom stereocenters. The minimum absolute atomic E-state index is 0.343. The summed E-state index contributed by atoms with van der Waals surface area (Å²) in [5.74, 6) is 0.343. The molecule has 2 nitrogen and oxygen atoms in total. The van der Waals surface area contributed by atoms with E-state index in [2.05, 4.69) is 20.9 Å². The molecular formula is C7H7BrFNO. The van der Waals surface area contributed by atoms with E-state index in [1.807, 2.05) is 0 Å². The molecule has 11 heavy (non-hydrogen) atoms. The number of ether oxygens (including phenoxy) is 1. The summed E-state index contributed by atoms with van der Waals surface area (Å²) < 4.78 is 17.8. The first-order valence-corrected chi connectivity index (χ1v) is 3.81. The number of alkyl halides is 1. The molecule has 0 fully saturated rings. The molecule has 1 rings (SSSR count). The van der Waals surface area contributed by atoms with Gasteiger partial charge >= 0.3 is 0 Å². The van der Waals surface area contributed by atoms with Gasteiger partial charge < -0.3 is 4.74 Å². The fraction of sp³-hybridized carbons (Fsp3) is 0.286. The van der Waals surface area contributed by atoms with Crippen molar-refractivity contribution in [1.29, 1.82) is 0 Å². The number of methoxy groups -OCH3 is 1. The first kappa shape index (κ1) is 8.46. The number of hydrogen-bond acceptors (Lipinski definition) is 2. The molecule has 0 N–H and O–H groups in total. The van der Waals surface area contributed by atoms with Crippen molar-refractivity contribution < 1.29 is 9.13 Å². The second-order valence-electron chi connectivity index (χ2n) is 1.96. The van der Waals surface area contributed by atoms with Gasteiger partial charge in [0, 0.05) is 16.2 Å². The number of hydrogen-bond donors (Lipinski definition) is 0. The Labute approximate surface area is 72.5 Å². The van der Waals surface area contributed by atoms with Crippen molar-refractivity contribution in [2.75, 3.05) is 7.11 Å². The molecule has 0 aromatic carbocycles. The lowest BCUT2D eigenvalue weighted by Gasteiger charge is -2.02. The third-order valence-corrected chi connectivity index (χ3v) is 1.66. The van der Waals surface area contributed by atoms with Crippen molar-refractivity contribution in [3.05, 3.63) is 22.3 Å². The SMILES string of the molecule is COc1ncc(Br)cc1CF. The van der Waals surface area contributed by atoms with Gasteiger partial charge in [-0.3, -0.25) is 0 Å². The Morgan fingerprint density at radius 3 is 3.00 bits per heavy atom. The predicted octanol–water partition coefficient (Wildman–Crippen LogP) is 2.32. The zero-order valence-corrected chi connectivity index (χ0v) is 7.56. The minimum atomic E-state index is -0.560. The van der Waals surface area contributed by atoms with E-state index in [4.69, 9.17) is 4.74 Å². The molecule has 60 valence electrons. The molecule has 0 spiro atoms. The maximum atomic E-state index is 12.2. The quantitative estimate of drug-likeness (QED) is 0.762. The maximum absolute atomic E-state index is 12.2. The molecule has 0 aliphatic heterocycles. The molecule has 0 radical (unpaired) electrons. The monoisotopic (exact) mass is 219 g/mol. The van der Waals surface area contributed by atoms with Gasteiger partial charge in [-0.05, 0) is 22.0 Å². The van der Waals surface area contributed by atoms with E-state index in [-0.39, 0.29) is 0 Å². The van der Waals surface area contributed by atoms with Crippen LogP contribution in [0.5, 0.6) is 5.88 Å². The van der Waals surface area contributed by atoms with Crippen LogP contribution in [0.15, 0.2) is 16.7 Å². The van der Waals surface area contributed by atoms with Crippen LogP contribution < -0.4 is 4.74 Å². The summed E-state index contributed by atoms with van der Waals surface area (Å²) in [5, 5.41) is 0. The summed E-state index contributed by atoms with van der Waals surface area (Å²) in [5.41, 5.74) is 0.460. The first-order valence-electron chi connectivity index (χ1n) is 3.02. The van der Waals surface area contributed by atoms with Gasteiger partial charge in [0.15, 0.2) is 0 Å². The lowest BCUT2D eigenvalue weighted by molar-refractivity contribution is 0.378. The predicted molar refractivity (Wildman–Crippen MR) is 43.3 cm³/mol. The molecule has 0 saturated heterocycles. The Morgan fingerprint density at radius 2 is 2.45 bits per heavy atom. The lowest BCUT2D eigenvalue weighted by atomic mass is 10.3. The summed E-state index contributed by atoms with van der Waals surface area (Å²) in [7, 11) is 1.47. The third-order valence-electron chi connectivity index (χ3n) is 1.23. The Bertz CT molecular complexity index is 254. The van der Waals surface area contributed by atoms with Gasteiger partial charge in [-0.1, -0.05) is 0 Å². The van der Waals surface area contributed by atoms with Crippen LogP contribution in [0.25, 0.3) is 0 Å². The Hall–Kier alpha value is -0.640. The summed E-state index contributed by atoms with van der Waals surface area (Å²) >= 11 is 3.18. The van der Waals surface area contributed by atoms with E-state index in [9.17, 15) is 4.39 Å². The molecule has 0 bridgehead atoms. The van der Waals surface area contributed by atoms with E-state index in [1.54, 1.807) is 12.3 Å². The van der Waals surface area contributed by atoms with Crippen molar-refractivity contribution >= 4 is 15.9 Å². The van der Waals surface area contributed by atoms with Crippen LogP contribution in [0.4, 0.5) is 4.39 Å². The van der Waals surface area contributed by atoms with Gasteiger partial charge in [0.25, 0.3) is 0 Å². The number of pyridine rings is 1. The highest BCUT2D eigenvalue weighted by atomic mass is 79.9. The van der Waals surface area contributed by atoms with Crippen LogP contribution in [0.1, 0.15) is 5.56 Å². The van der Waals surface area contributed by atoms with Crippen molar-refractivity contribution in [2.45, 2.75) is 6.67 Å². The highest BCUT2D eigenvalue weighted by molar-refractivity contribution is 9.10. The van der Waals surface area contributed by atoms with E-state index in [1.165, 1.54) is 7.11 Å². The van der Waals surface area contributed by atoms with Crippen LogP contribution in [0, 0.1) is 0 Å². The third kappa shape index (κ3) is 1.89. The van der Waals surface area contributed by atoms with E-state index in [0.717, 1.165) is 4.47 Å². The van der Waals surface area contributed by atoms with Crippen LogP contribution in [-0.2, 0) is 6.67 Å². The van der Waals surface area contributed by atoms with Crippen LogP contribution >= 0.6 is 15.9 Å². The molecule has 0 aliphatic carbocycles. The zero-order chi connectivity index (χ0) is 8.27. The Balaban J connectivity index is 3.06. The standard InChI is InChI=1S/C7H7BrFNO/c1-11-7-5(3-9)2-6(8)4-10-7/h2,4H,3H2,1H3. The van der Waals surface area contributed by atoms with Gasteiger partial charge in [-0.25, -0.2) is 9.37 Å². The molecule has 1 heterocycles. The summed E-state index contributed by atoms with van der Waals surface area (Å²) in [6.45, 7) is -0.560. The maximum Gasteiger partial charge on any atom is 0.218 e. The highest BCUT2D eigenvalue weighted by Crippen LogP contribution is 2.20. The number of rotatable bonds is 2. The molecule has 1 aromatic heterocycles. The zero-order valence-electron chi connectivity index (χ0n) is 5.97. The van der Waals surface area contributed by atoms with Crippen LogP contribution in [-0.4, -0.2) is 12.1 Å². The van der Waals surface area contributed by atoms with E-state index < -0.39 is 6.67 Å². The van der Waals surface area contributed by atoms with E-state index in [0.29, 0.717) is 11.4 Å². The topological polar surface area (TPSA) is 22.1 Å². The Morgan fingerprint density at radius 1 is 1.73 bits per heavy atom. The molecule has 0 amide bonds. The lowest BCUT2D eigenvalue weighted by Crippen LogP contribution is -1.92. The summed E-state index contributed by atoms with van der Waals surface area (Å²) in [6.07, 6.45) is 1.57. The van der Waals surface area contributed by atoms with Gasteiger partial charge in [0.1, 0.15) is 6.67 Å². The molecule has 0 aliphatic rings. The van der Waals surface area contributed by atoms with Crippen LogP contribution in [0.3, 0.4) is 0 Å². The largest absolute Gasteiger partial charge is 0.481 e. The van der Waals surface area contributed by atoms with E-state index >= 15 is 0 Å². The number of halogens is 2. The van der Waals surface area contributed by atoms with Crippen LogP contribution in [0.2, 0.25) is 0 Å². The normalized spacial score (nSPS) is 9.73. The molecule has 1 aromatic rings. The highest BCUT2D eigenvalue weighted by Gasteiger charge is 2.03. The van der Waals surface area contributed by atoms with Gasteiger partial charge in [0.05, 0.1) is 7.11 Å². The molecule has 0 unspecified atom stereocenters. The number of nitrogens with zero attached hydrogens (tertiary/aromatic N) is 1. The molecule has 0 saturated carbocycles. The average Bonchev–Trinajstić information content (AvgIpc) is 2.04. The first-order chi connectivity index (χ1) is 5.27. The van der Waals surface area contributed by atoms with Gasteiger partial charge in [-0.15, -0.1) is 0 Å². The second-order valence-corrected chi connectivity index (χ2v) is 2.87. The Kier molecular flexibility index (Phi) is 2.82. The summed E-state index contributed by atoms with van der Waals surface area (Å²) in [6, 6.07) is 1.64. The van der Waals surface area contributed by atoms with Gasteiger partial charge in [0.2, 0.25) is 5.88 Å². The second kappa shape index (κ2) is 3.67. The fourth-order valence-corrected chi connectivity index (χ4v) is 1.13. The van der Waals surface area contributed by atoms with Crippen molar-refractivity contribution in [2.24, 2.45) is 0 Å². The number of aromatic nitrogens is 1. The van der Waals surface area contributed by atoms with Crippen molar-refractivity contribution in [1.82, 2.24) is 4.98 Å². The van der Waals surface area contributed by atoms with Gasteiger partial charge in [-0.2, -0.15) is 0 Å². The molecule has 4 heteroatoms. The average molecular weight is 220 g/mol.